The predicted octanol–water partition coefficient (Wildman–Crippen LogP) is 0.760. The van der Waals surface area contributed by atoms with Gasteiger partial charge in [0.15, 0.2) is 0 Å². The molecule has 0 aromatic carbocycles. The maximum Gasteiger partial charge on any atom is 0.304 e. The molecule has 1 unspecified atom stereocenters. The second-order valence-electron chi connectivity index (χ2n) is 4.75. The first-order chi connectivity index (χ1) is 8.37. The van der Waals surface area contributed by atoms with Crippen molar-refractivity contribution in [2.45, 2.75) is 33.1 Å². The minimum absolute atomic E-state index is 0.0407. The molecule has 7 heteroatoms. The van der Waals surface area contributed by atoms with Crippen LogP contribution in [-0.2, 0) is 15.0 Å². The third-order valence-electron chi connectivity index (χ3n) is 3.20. The molecule has 0 aliphatic carbocycles. The number of hydrogen-bond acceptors (Lipinski definition) is 3. The molecule has 1 rings (SSSR count). The molecule has 1 saturated heterocycles. The van der Waals surface area contributed by atoms with E-state index in [1.54, 1.807) is 6.92 Å². The summed E-state index contributed by atoms with van der Waals surface area (Å²) in [6, 6.07) is 0. The summed E-state index contributed by atoms with van der Waals surface area (Å²) in [4.78, 5) is 10.5. The Hall–Kier alpha value is -0.660. The number of hydrogen-bond donors (Lipinski definition) is 1. The van der Waals surface area contributed by atoms with Crippen molar-refractivity contribution in [3.05, 3.63) is 0 Å². The Balaban J connectivity index is 2.72. The van der Waals surface area contributed by atoms with Gasteiger partial charge in [0.2, 0.25) is 0 Å². The van der Waals surface area contributed by atoms with Crippen LogP contribution in [-0.4, -0.2) is 54.3 Å². The number of piperidine rings is 1. The van der Waals surface area contributed by atoms with E-state index >= 15 is 0 Å². The smallest absolute Gasteiger partial charge is 0.304 e. The minimum Gasteiger partial charge on any atom is -0.481 e. The predicted molar refractivity (Wildman–Crippen MR) is 68.4 cm³/mol. The van der Waals surface area contributed by atoms with Crippen LogP contribution >= 0.6 is 0 Å². The maximum atomic E-state index is 12.3. The molecule has 1 N–H and O–H groups in total. The molecule has 0 bridgehead atoms. The number of carbonyl (C=O) groups is 1. The lowest BCUT2D eigenvalue weighted by molar-refractivity contribution is -0.137. The molecular formula is C11H22N2O4S. The molecule has 106 valence electrons. The molecule has 1 fully saturated rings. The monoisotopic (exact) mass is 278 g/mol. The molecule has 18 heavy (non-hydrogen) atoms. The van der Waals surface area contributed by atoms with Gasteiger partial charge in [-0.3, -0.25) is 4.79 Å². The Morgan fingerprint density at radius 1 is 1.50 bits per heavy atom. The first-order valence-electron chi connectivity index (χ1n) is 6.35. The molecule has 0 aromatic heterocycles. The maximum absolute atomic E-state index is 12.3. The molecule has 0 amide bonds. The van der Waals surface area contributed by atoms with Crippen molar-refractivity contribution >= 4 is 16.2 Å². The summed E-state index contributed by atoms with van der Waals surface area (Å²) in [6.07, 6.45) is 1.76. The van der Waals surface area contributed by atoms with E-state index in [-0.39, 0.29) is 13.0 Å². The number of carboxylic acids is 1. The quantitative estimate of drug-likeness (QED) is 0.778. The zero-order chi connectivity index (χ0) is 13.8. The van der Waals surface area contributed by atoms with Crippen molar-refractivity contribution in [3.8, 4) is 0 Å². The average molecular weight is 278 g/mol. The van der Waals surface area contributed by atoms with Gasteiger partial charge in [0.05, 0.1) is 6.42 Å². The van der Waals surface area contributed by atoms with Gasteiger partial charge < -0.3 is 5.11 Å². The van der Waals surface area contributed by atoms with E-state index in [9.17, 15) is 13.2 Å². The summed E-state index contributed by atoms with van der Waals surface area (Å²) in [7, 11) is -3.50. The number of rotatable bonds is 6. The van der Waals surface area contributed by atoms with Crippen molar-refractivity contribution in [2.75, 3.05) is 26.2 Å². The SMILES string of the molecule is CCN(CCC(=O)O)S(=O)(=O)N1CCCC(C)C1. The van der Waals surface area contributed by atoms with Crippen LogP contribution in [0, 0.1) is 5.92 Å². The zero-order valence-corrected chi connectivity index (χ0v) is 11.8. The summed E-state index contributed by atoms with van der Waals surface area (Å²) in [6.45, 7) is 5.18. The Bertz CT molecular complexity index is 383. The van der Waals surface area contributed by atoms with Crippen LogP contribution < -0.4 is 0 Å². The minimum atomic E-state index is -3.50. The lowest BCUT2D eigenvalue weighted by atomic mass is 10.0. The molecule has 1 heterocycles. The summed E-state index contributed by atoms with van der Waals surface area (Å²) in [5, 5.41) is 8.64. The van der Waals surface area contributed by atoms with Gasteiger partial charge in [-0.05, 0) is 18.8 Å². The summed E-state index contributed by atoms with van der Waals surface area (Å²) in [5.74, 6) is -0.609. The molecular weight excluding hydrogens is 256 g/mol. The third-order valence-corrected chi connectivity index (χ3v) is 5.28. The molecule has 0 radical (unpaired) electrons. The Kier molecular flexibility index (Phi) is 5.55. The summed E-state index contributed by atoms with van der Waals surface area (Å²) in [5.41, 5.74) is 0. The van der Waals surface area contributed by atoms with Gasteiger partial charge in [0, 0.05) is 26.2 Å². The zero-order valence-electron chi connectivity index (χ0n) is 11.0. The van der Waals surface area contributed by atoms with E-state index in [1.807, 2.05) is 6.92 Å². The number of carboxylic acid groups (broad SMARTS) is 1. The Morgan fingerprint density at radius 3 is 2.67 bits per heavy atom. The van der Waals surface area contributed by atoms with Crippen molar-refractivity contribution in [3.63, 3.8) is 0 Å². The first kappa shape index (κ1) is 15.4. The van der Waals surface area contributed by atoms with E-state index in [2.05, 4.69) is 0 Å². The summed E-state index contributed by atoms with van der Waals surface area (Å²) < 4.78 is 27.4. The molecule has 6 nitrogen and oxygen atoms in total. The van der Waals surface area contributed by atoms with Gasteiger partial charge in [-0.2, -0.15) is 17.0 Å². The largest absolute Gasteiger partial charge is 0.481 e. The lowest BCUT2D eigenvalue weighted by Crippen LogP contribution is -2.48. The van der Waals surface area contributed by atoms with Gasteiger partial charge in [-0.15, -0.1) is 0 Å². The second kappa shape index (κ2) is 6.49. The fourth-order valence-electron chi connectivity index (χ4n) is 2.18. The molecule has 0 aromatic rings. The fraction of sp³-hybridized carbons (Fsp3) is 0.909. The van der Waals surface area contributed by atoms with Crippen LogP contribution in [0.2, 0.25) is 0 Å². The second-order valence-corrected chi connectivity index (χ2v) is 6.68. The normalized spacial score (nSPS) is 22.3. The highest BCUT2D eigenvalue weighted by molar-refractivity contribution is 7.86. The van der Waals surface area contributed by atoms with Crippen LogP contribution in [0.4, 0.5) is 0 Å². The van der Waals surface area contributed by atoms with E-state index in [1.165, 1.54) is 8.61 Å². The standard InChI is InChI=1S/C11H22N2O4S/c1-3-12(8-6-11(14)15)18(16,17)13-7-4-5-10(2)9-13/h10H,3-9H2,1-2H3,(H,14,15). The highest BCUT2D eigenvalue weighted by Gasteiger charge is 2.31. The lowest BCUT2D eigenvalue weighted by Gasteiger charge is -2.33. The van der Waals surface area contributed by atoms with Gasteiger partial charge in [-0.25, -0.2) is 0 Å². The molecule has 0 spiro atoms. The van der Waals surface area contributed by atoms with Crippen LogP contribution in [0.5, 0.6) is 0 Å². The van der Waals surface area contributed by atoms with Crippen molar-refractivity contribution in [1.29, 1.82) is 0 Å². The average Bonchev–Trinajstić information content (AvgIpc) is 2.29. The highest BCUT2D eigenvalue weighted by atomic mass is 32.2. The van der Waals surface area contributed by atoms with Crippen LogP contribution in [0.25, 0.3) is 0 Å². The van der Waals surface area contributed by atoms with Crippen LogP contribution in [0.1, 0.15) is 33.1 Å². The van der Waals surface area contributed by atoms with E-state index < -0.39 is 16.2 Å². The Labute approximate surface area is 109 Å². The number of aliphatic carboxylic acids is 1. The number of nitrogens with zero attached hydrogens (tertiary/aromatic N) is 2. The molecule has 1 aliphatic rings. The Morgan fingerprint density at radius 2 is 2.17 bits per heavy atom. The molecule has 1 atom stereocenters. The molecule has 0 saturated carbocycles. The molecule has 1 aliphatic heterocycles. The van der Waals surface area contributed by atoms with Crippen LogP contribution in [0.15, 0.2) is 0 Å². The van der Waals surface area contributed by atoms with E-state index in [0.29, 0.717) is 25.6 Å². The first-order valence-corrected chi connectivity index (χ1v) is 7.74. The van der Waals surface area contributed by atoms with Crippen molar-refractivity contribution < 1.29 is 18.3 Å². The van der Waals surface area contributed by atoms with Gasteiger partial charge in [0.25, 0.3) is 10.2 Å². The van der Waals surface area contributed by atoms with Crippen molar-refractivity contribution in [2.24, 2.45) is 5.92 Å². The van der Waals surface area contributed by atoms with Gasteiger partial charge >= 0.3 is 5.97 Å². The van der Waals surface area contributed by atoms with Crippen molar-refractivity contribution in [1.82, 2.24) is 8.61 Å². The fourth-order valence-corrected chi connectivity index (χ4v) is 3.95. The van der Waals surface area contributed by atoms with Gasteiger partial charge in [0.1, 0.15) is 0 Å². The summed E-state index contributed by atoms with van der Waals surface area (Å²) >= 11 is 0. The highest BCUT2D eigenvalue weighted by Crippen LogP contribution is 2.20. The van der Waals surface area contributed by atoms with E-state index in [0.717, 1.165) is 12.8 Å². The third kappa shape index (κ3) is 3.93. The van der Waals surface area contributed by atoms with Gasteiger partial charge in [-0.1, -0.05) is 13.8 Å². The van der Waals surface area contributed by atoms with E-state index in [4.69, 9.17) is 5.11 Å². The van der Waals surface area contributed by atoms with Crippen LogP contribution in [0.3, 0.4) is 0 Å². The topological polar surface area (TPSA) is 77.9 Å².